The summed E-state index contributed by atoms with van der Waals surface area (Å²) in [7, 11) is 0. The van der Waals surface area contributed by atoms with E-state index < -0.39 is 22.8 Å². The summed E-state index contributed by atoms with van der Waals surface area (Å²) < 4.78 is 0. The van der Waals surface area contributed by atoms with Gasteiger partial charge in [0, 0.05) is 11.1 Å². The predicted molar refractivity (Wildman–Crippen MR) is 82.4 cm³/mol. The van der Waals surface area contributed by atoms with Gasteiger partial charge >= 0.3 is 0 Å². The predicted octanol–water partition coefficient (Wildman–Crippen LogP) is 1.47. The van der Waals surface area contributed by atoms with Crippen molar-refractivity contribution in [1.82, 2.24) is 0 Å². The zero-order valence-electron chi connectivity index (χ0n) is 12.4. The van der Waals surface area contributed by atoms with Crippen LogP contribution in [0.5, 0.6) is 0 Å². The molecule has 0 fully saturated rings. The molecule has 0 atom stereocenters. The summed E-state index contributed by atoms with van der Waals surface area (Å²) in [5.41, 5.74) is -3.19. The monoisotopic (exact) mass is 320 g/mol. The Bertz CT molecular complexity index is 795. The van der Waals surface area contributed by atoms with Crippen LogP contribution >= 0.6 is 0 Å². The number of hydrogen-bond acceptors (Lipinski definition) is 6. The molecule has 2 rings (SSSR count). The van der Waals surface area contributed by atoms with Crippen molar-refractivity contribution in [3.63, 3.8) is 0 Å². The Morgan fingerprint density at radius 1 is 0.750 bits per heavy atom. The van der Waals surface area contributed by atoms with Gasteiger partial charge in [-0.2, -0.15) is 10.5 Å². The van der Waals surface area contributed by atoms with E-state index in [-0.39, 0.29) is 11.1 Å². The Labute approximate surface area is 137 Å². The number of carbonyl (C=O) groups excluding carboxylic acids is 2. The summed E-state index contributed by atoms with van der Waals surface area (Å²) in [5.74, 6) is -5.82. The minimum atomic E-state index is -3.50. The lowest BCUT2D eigenvalue weighted by Gasteiger charge is -2.30. The molecule has 6 nitrogen and oxygen atoms in total. The maximum absolute atomic E-state index is 12.8. The van der Waals surface area contributed by atoms with Crippen molar-refractivity contribution in [3.8, 4) is 12.1 Å². The molecule has 0 aliphatic rings. The van der Waals surface area contributed by atoms with Crippen LogP contribution in [0.3, 0.4) is 0 Å². The van der Waals surface area contributed by atoms with E-state index in [0.29, 0.717) is 0 Å². The van der Waals surface area contributed by atoms with Crippen molar-refractivity contribution in [2.45, 2.75) is 5.79 Å². The third-order valence-electron chi connectivity index (χ3n) is 3.60. The molecule has 118 valence electrons. The van der Waals surface area contributed by atoms with Crippen LogP contribution in [0.2, 0.25) is 0 Å². The molecular weight excluding hydrogens is 308 g/mol. The molecule has 0 saturated heterocycles. The second kappa shape index (κ2) is 6.43. The van der Waals surface area contributed by atoms with Gasteiger partial charge in [0.15, 0.2) is 11.6 Å². The van der Waals surface area contributed by atoms with Gasteiger partial charge in [-0.05, 0) is 0 Å². The summed E-state index contributed by atoms with van der Waals surface area (Å²) in [4.78, 5) is 25.6. The molecule has 0 unspecified atom stereocenters. The fourth-order valence-corrected chi connectivity index (χ4v) is 2.30. The largest absolute Gasteiger partial charge is 0.352 e. The van der Waals surface area contributed by atoms with Crippen molar-refractivity contribution >= 4 is 11.6 Å². The molecule has 24 heavy (non-hydrogen) atoms. The molecule has 2 N–H and O–H groups in total. The van der Waals surface area contributed by atoms with E-state index in [1.807, 2.05) is 0 Å². The van der Waals surface area contributed by atoms with E-state index in [1.54, 1.807) is 12.1 Å². The topological polar surface area (TPSA) is 122 Å². The molecule has 2 aromatic rings. The van der Waals surface area contributed by atoms with Crippen molar-refractivity contribution in [2.24, 2.45) is 5.41 Å². The van der Waals surface area contributed by atoms with Crippen LogP contribution in [0, 0.1) is 28.1 Å². The second-order valence-corrected chi connectivity index (χ2v) is 5.04. The molecule has 6 heteroatoms. The highest BCUT2D eigenvalue weighted by atomic mass is 16.5. The van der Waals surface area contributed by atoms with Gasteiger partial charge in [-0.15, -0.1) is 0 Å². The van der Waals surface area contributed by atoms with Gasteiger partial charge in [0.2, 0.25) is 5.41 Å². The van der Waals surface area contributed by atoms with Crippen LogP contribution in [-0.2, 0) is 0 Å². The second-order valence-electron chi connectivity index (χ2n) is 5.04. The van der Waals surface area contributed by atoms with Gasteiger partial charge in [0.1, 0.15) is 6.07 Å². The van der Waals surface area contributed by atoms with Crippen LogP contribution in [0.15, 0.2) is 60.7 Å². The fraction of sp³-hybridized carbons (Fsp3) is 0.111. The average Bonchev–Trinajstić information content (AvgIpc) is 2.63. The van der Waals surface area contributed by atoms with Crippen molar-refractivity contribution in [2.75, 3.05) is 0 Å². The number of ketones is 2. The highest BCUT2D eigenvalue weighted by Crippen LogP contribution is 2.36. The Kier molecular flexibility index (Phi) is 4.57. The van der Waals surface area contributed by atoms with E-state index >= 15 is 0 Å². The lowest BCUT2D eigenvalue weighted by molar-refractivity contribution is -0.149. The smallest absolute Gasteiger partial charge is 0.289 e. The van der Waals surface area contributed by atoms with Crippen LogP contribution in [0.25, 0.3) is 0 Å². The minimum absolute atomic E-state index is 0.0916. The number of rotatable bonds is 5. The molecule has 0 aliphatic heterocycles. The van der Waals surface area contributed by atoms with Crippen LogP contribution in [-0.4, -0.2) is 27.6 Å². The van der Waals surface area contributed by atoms with E-state index in [2.05, 4.69) is 0 Å². The average molecular weight is 320 g/mol. The highest BCUT2D eigenvalue weighted by Gasteiger charge is 2.62. The van der Waals surface area contributed by atoms with Crippen LogP contribution in [0.1, 0.15) is 20.7 Å². The Morgan fingerprint density at radius 3 is 1.42 bits per heavy atom. The van der Waals surface area contributed by atoms with Gasteiger partial charge in [0.25, 0.3) is 5.79 Å². The number of nitriles is 2. The summed E-state index contributed by atoms with van der Waals surface area (Å²) in [6.07, 6.45) is 0. The number of hydrogen-bond donors (Lipinski definition) is 2. The third-order valence-corrected chi connectivity index (χ3v) is 3.60. The van der Waals surface area contributed by atoms with Gasteiger partial charge in [-0.25, -0.2) is 0 Å². The van der Waals surface area contributed by atoms with Crippen molar-refractivity contribution in [1.29, 1.82) is 10.5 Å². The fourth-order valence-electron chi connectivity index (χ4n) is 2.30. The number of carbonyl (C=O) groups is 2. The minimum Gasteiger partial charge on any atom is -0.352 e. The number of benzene rings is 2. The number of Topliss-reactive ketones (excluding diaryl/α,β-unsaturated/α-hetero) is 2. The highest BCUT2D eigenvalue weighted by molar-refractivity contribution is 6.23. The van der Waals surface area contributed by atoms with Crippen LogP contribution in [0.4, 0.5) is 0 Å². The standard InChI is InChI=1S/C18H12N2O4/c19-11-17(18(23,24)12-20,15(21)13-7-3-1-4-8-13)16(22)14-9-5-2-6-10-14/h1-10,23-24H. The first-order chi connectivity index (χ1) is 11.4. The van der Waals surface area contributed by atoms with Gasteiger partial charge in [-0.1, -0.05) is 60.7 Å². The van der Waals surface area contributed by atoms with E-state index in [1.165, 1.54) is 54.6 Å². The van der Waals surface area contributed by atoms with E-state index in [4.69, 9.17) is 5.26 Å². The van der Waals surface area contributed by atoms with E-state index in [0.717, 1.165) is 6.07 Å². The van der Waals surface area contributed by atoms with Crippen LogP contribution < -0.4 is 0 Å². The van der Waals surface area contributed by atoms with Crippen molar-refractivity contribution < 1.29 is 19.8 Å². The normalized spacial score (nSPS) is 11.2. The molecule has 2 aromatic carbocycles. The zero-order chi connectivity index (χ0) is 17.8. The Balaban J connectivity index is 2.72. The first kappa shape index (κ1) is 17.0. The lowest BCUT2D eigenvalue weighted by atomic mass is 9.69. The molecule has 0 amide bonds. The molecule has 0 spiro atoms. The first-order valence-electron chi connectivity index (χ1n) is 6.87. The quantitative estimate of drug-likeness (QED) is 0.372. The maximum atomic E-state index is 12.8. The zero-order valence-corrected chi connectivity index (χ0v) is 12.4. The third kappa shape index (κ3) is 2.57. The van der Waals surface area contributed by atoms with Gasteiger partial charge < -0.3 is 10.2 Å². The van der Waals surface area contributed by atoms with E-state index in [9.17, 15) is 25.1 Å². The molecule has 0 heterocycles. The summed E-state index contributed by atoms with van der Waals surface area (Å²) in [6, 6.07) is 16.9. The molecular formula is C18H12N2O4. The van der Waals surface area contributed by atoms with Crippen molar-refractivity contribution in [3.05, 3.63) is 71.8 Å². The molecule has 0 aromatic heterocycles. The summed E-state index contributed by atoms with van der Waals surface area (Å²) >= 11 is 0. The summed E-state index contributed by atoms with van der Waals surface area (Å²) in [5, 5.41) is 38.6. The molecule has 0 aliphatic carbocycles. The number of nitrogens with zero attached hydrogens (tertiary/aromatic N) is 2. The Morgan fingerprint density at radius 2 is 1.12 bits per heavy atom. The molecule has 0 bridgehead atoms. The molecule has 0 radical (unpaired) electrons. The first-order valence-corrected chi connectivity index (χ1v) is 6.87. The summed E-state index contributed by atoms with van der Waals surface area (Å²) in [6.45, 7) is 0. The SMILES string of the molecule is N#CC(O)(O)C(C#N)(C(=O)c1ccccc1)C(=O)c1ccccc1. The number of aliphatic hydroxyl groups is 2. The van der Waals surface area contributed by atoms with Gasteiger partial charge in [0.05, 0.1) is 6.07 Å². The van der Waals surface area contributed by atoms with Gasteiger partial charge in [-0.3, -0.25) is 9.59 Å². The maximum Gasteiger partial charge on any atom is 0.289 e. The Hall–Kier alpha value is -3.32. The molecule has 0 saturated carbocycles. The lowest BCUT2D eigenvalue weighted by Crippen LogP contribution is -2.56.